The molecular formula is C16H20N4O2. The summed E-state index contributed by atoms with van der Waals surface area (Å²) in [6.45, 7) is 0.191. The second-order valence-electron chi connectivity index (χ2n) is 5.75. The fraction of sp³-hybridized carbons (Fsp3) is 0.375. The van der Waals surface area contributed by atoms with Crippen molar-refractivity contribution in [3.63, 3.8) is 0 Å². The summed E-state index contributed by atoms with van der Waals surface area (Å²) in [5.74, 6) is 0. The van der Waals surface area contributed by atoms with E-state index in [4.69, 9.17) is 0 Å². The molecule has 1 heterocycles. The highest BCUT2D eigenvalue weighted by atomic mass is 16.3. The van der Waals surface area contributed by atoms with Crippen molar-refractivity contribution >= 4 is 11.7 Å². The maximum atomic E-state index is 11.9. The minimum Gasteiger partial charge on any atom is -0.383 e. The Morgan fingerprint density at radius 3 is 3.05 bits per heavy atom. The zero-order chi connectivity index (χ0) is 15.6. The molecule has 1 aromatic carbocycles. The number of nitrogens with one attached hydrogen (secondary N) is 2. The zero-order valence-corrected chi connectivity index (χ0v) is 12.5. The van der Waals surface area contributed by atoms with Crippen LogP contribution in [0.1, 0.15) is 24.0 Å². The molecule has 0 radical (unpaired) electrons. The first kappa shape index (κ1) is 14.6. The smallest absolute Gasteiger partial charge is 0.319 e. The average molecular weight is 300 g/mol. The Morgan fingerprint density at radius 1 is 1.45 bits per heavy atom. The van der Waals surface area contributed by atoms with E-state index < -0.39 is 5.60 Å². The Labute approximate surface area is 129 Å². The van der Waals surface area contributed by atoms with Gasteiger partial charge in [0.2, 0.25) is 0 Å². The summed E-state index contributed by atoms with van der Waals surface area (Å²) in [6.07, 6.45) is 5.82. The number of nitrogens with zero attached hydrogens (tertiary/aromatic N) is 2. The number of aliphatic hydroxyl groups is 1. The van der Waals surface area contributed by atoms with E-state index in [0.29, 0.717) is 12.1 Å². The number of carbonyl (C=O) groups excluding carboxylic acids is 1. The van der Waals surface area contributed by atoms with Gasteiger partial charge in [-0.1, -0.05) is 24.3 Å². The van der Waals surface area contributed by atoms with Gasteiger partial charge >= 0.3 is 6.03 Å². The molecule has 0 spiro atoms. The molecule has 0 fully saturated rings. The van der Waals surface area contributed by atoms with Gasteiger partial charge < -0.3 is 15.7 Å². The average Bonchev–Trinajstić information content (AvgIpc) is 2.91. The van der Waals surface area contributed by atoms with E-state index >= 15 is 0 Å². The van der Waals surface area contributed by atoms with E-state index in [2.05, 4.69) is 15.7 Å². The molecular weight excluding hydrogens is 280 g/mol. The molecule has 0 aliphatic heterocycles. The summed E-state index contributed by atoms with van der Waals surface area (Å²) in [5, 5.41) is 20.3. The molecule has 1 aromatic heterocycles. The molecule has 1 aliphatic rings. The predicted molar refractivity (Wildman–Crippen MR) is 83.5 cm³/mol. The van der Waals surface area contributed by atoms with E-state index in [0.717, 1.165) is 24.0 Å². The second kappa shape index (κ2) is 5.81. The van der Waals surface area contributed by atoms with Crippen LogP contribution in [0, 0.1) is 0 Å². The lowest BCUT2D eigenvalue weighted by atomic mass is 9.79. The summed E-state index contributed by atoms with van der Waals surface area (Å²) in [6, 6.07) is 7.53. The number of hydrogen-bond acceptors (Lipinski definition) is 3. The van der Waals surface area contributed by atoms with Crippen molar-refractivity contribution in [3.8, 4) is 0 Å². The van der Waals surface area contributed by atoms with Gasteiger partial charge in [0.1, 0.15) is 5.60 Å². The molecule has 2 aromatic rings. The lowest BCUT2D eigenvalue weighted by molar-refractivity contribution is 0.0221. The van der Waals surface area contributed by atoms with E-state index in [1.54, 1.807) is 24.1 Å². The van der Waals surface area contributed by atoms with Gasteiger partial charge in [-0.2, -0.15) is 5.10 Å². The Kier molecular flexibility index (Phi) is 3.85. The fourth-order valence-corrected chi connectivity index (χ4v) is 2.97. The molecule has 0 saturated carbocycles. The first-order valence-corrected chi connectivity index (χ1v) is 7.41. The van der Waals surface area contributed by atoms with Crippen LogP contribution in [0.15, 0.2) is 36.7 Å². The number of aryl methyl sites for hydroxylation is 2. The third-order valence-electron chi connectivity index (χ3n) is 4.06. The van der Waals surface area contributed by atoms with Gasteiger partial charge in [0.25, 0.3) is 0 Å². The molecule has 1 atom stereocenters. The number of amides is 2. The lowest BCUT2D eigenvalue weighted by Gasteiger charge is -2.34. The molecule has 0 bridgehead atoms. The largest absolute Gasteiger partial charge is 0.383 e. The van der Waals surface area contributed by atoms with Crippen LogP contribution in [0.2, 0.25) is 0 Å². The Hall–Kier alpha value is -2.34. The third kappa shape index (κ3) is 2.96. The number of benzene rings is 1. The van der Waals surface area contributed by atoms with Crippen LogP contribution >= 0.6 is 0 Å². The molecule has 3 rings (SSSR count). The van der Waals surface area contributed by atoms with Gasteiger partial charge in [0.15, 0.2) is 0 Å². The summed E-state index contributed by atoms with van der Waals surface area (Å²) in [7, 11) is 1.78. The number of urea groups is 1. The third-order valence-corrected chi connectivity index (χ3v) is 4.06. The SMILES string of the molecule is Cn1cc(NC(=O)NCC2(O)CCCc3ccccc32)cn1. The first-order chi connectivity index (χ1) is 10.6. The van der Waals surface area contributed by atoms with E-state index in [9.17, 15) is 9.90 Å². The Morgan fingerprint density at radius 2 is 2.27 bits per heavy atom. The molecule has 0 saturated heterocycles. The van der Waals surface area contributed by atoms with Crippen molar-refractivity contribution in [1.82, 2.24) is 15.1 Å². The number of rotatable bonds is 3. The molecule has 116 valence electrons. The van der Waals surface area contributed by atoms with Crippen LogP contribution in [0.5, 0.6) is 0 Å². The molecule has 22 heavy (non-hydrogen) atoms. The van der Waals surface area contributed by atoms with Crippen LogP contribution in [0.25, 0.3) is 0 Å². The monoisotopic (exact) mass is 300 g/mol. The minimum absolute atomic E-state index is 0.191. The number of fused-ring (bicyclic) bond motifs is 1. The minimum atomic E-state index is -0.999. The molecule has 6 heteroatoms. The van der Waals surface area contributed by atoms with Gasteiger partial charge in [0.05, 0.1) is 18.4 Å². The molecule has 6 nitrogen and oxygen atoms in total. The van der Waals surface area contributed by atoms with Crippen LogP contribution in [-0.2, 0) is 19.1 Å². The van der Waals surface area contributed by atoms with E-state index in [1.807, 2.05) is 24.3 Å². The lowest BCUT2D eigenvalue weighted by Crippen LogP contribution is -2.44. The summed E-state index contributed by atoms with van der Waals surface area (Å²) in [5.41, 5.74) is 1.70. The number of hydrogen-bond donors (Lipinski definition) is 3. The second-order valence-corrected chi connectivity index (χ2v) is 5.75. The van der Waals surface area contributed by atoms with Crippen molar-refractivity contribution in [2.75, 3.05) is 11.9 Å². The van der Waals surface area contributed by atoms with Gasteiger partial charge in [-0.3, -0.25) is 4.68 Å². The zero-order valence-electron chi connectivity index (χ0n) is 12.5. The van der Waals surface area contributed by atoms with E-state index in [1.165, 1.54) is 0 Å². The maximum absolute atomic E-state index is 11.9. The summed E-state index contributed by atoms with van der Waals surface area (Å²) < 4.78 is 1.61. The molecule has 1 unspecified atom stereocenters. The van der Waals surface area contributed by atoms with Crippen molar-refractivity contribution in [1.29, 1.82) is 0 Å². The number of carbonyl (C=O) groups is 1. The summed E-state index contributed by atoms with van der Waals surface area (Å²) in [4.78, 5) is 11.9. The van der Waals surface area contributed by atoms with Crippen molar-refractivity contribution < 1.29 is 9.90 Å². The quantitative estimate of drug-likeness (QED) is 0.808. The van der Waals surface area contributed by atoms with Crippen molar-refractivity contribution in [2.24, 2.45) is 7.05 Å². The first-order valence-electron chi connectivity index (χ1n) is 7.41. The predicted octanol–water partition coefficient (Wildman–Crippen LogP) is 1.77. The topological polar surface area (TPSA) is 79.2 Å². The van der Waals surface area contributed by atoms with Crippen molar-refractivity contribution in [2.45, 2.75) is 24.9 Å². The molecule has 2 amide bonds. The highest BCUT2D eigenvalue weighted by Crippen LogP contribution is 2.34. The Bertz CT molecular complexity index is 682. The van der Waals surface area contributed by atoms with Crippen LogP contribution in [-0.4, -0.2) is 27.5 Å². The maximum Gasteiger partial charge on any atom is 0.319 e. The number of aromatic nitrogens is 2. The summed E-state index contributed by atoms with van der Waals surface area (Å²) >= 11 is 0. The van der Waals surface area contributed by atoms with Gasteiger partial charge in [-0.05, 0) is 30.4 Å². The van der Waals surface area contributed by atoms with E-state index in [-0.39, 0.29) is 12.6 Å². The highest BCUT2D eigenvalue weighted by molar-refractivity contribution is 5.88. The number of anilines is 1. The van der Waals surface area contributed by atoms with Gasteiger partial charge in [-0.15, -0.1) is 0 Å². The fourth-order valence-electron chi connectivity index (χ4n) is 2.97. The van der Waals surface area contributed by atoms with Gasteiger partial charge in [-0.25, -0.2) is 4.79 Å². The van der Waals surface area contributed by atoms with Crippen molar-refractivity contribution in [3.05, 3.63) is 47.8 Å². The highest BCUT2D eigenvalue weighted by Gasteiger charge is 2.34. The normalized spacial score (nSPS) is 20.3. The van der Waals surface area contributed by atoms with Crippen LogP contribution in [0.4, 0.5) is 10.5 Å². The molecule has 1 aliphatic carbocycles. The molecule has 3 N–H and O–H groups in total. The standard InChI is InChI=1S/C16H20N4O2/c1-20-10-13(9-18-20)19-15(21)17-11-16(22)8-4-6-12-5-2-3-7-14(12)16/h2-3,5,7,9-10,22H,4,6,8,11H2,1H3,(H2,17,19,21). The van der Waals surface area contributed by atoms with Gasteiger partial charge in [0, 0.05) is 13.2 Å². The van der Waals surface area contributed by atoms with Crippen LogP contribution in [0.3, 0.4) is 0 Å². The Balaban J connectivity index is 1.65. The van der Waals surface area contributed by atoms with Crippen LogP contribution < -0.4 is 10.6 Å².